The van der Waals surface area contributed by atoms with Crippen LogP contribution in [0.25, 0.3) is 0 Å². The largest absolute Gasteiger partial charge is 0.478 e. The van der Waals surface area contributed by atoms with Gasteiger partial charge in [0.1, 0.15) is 0 Å². The summed E-state index contributed by atoms with van der Waals surface area (Å²) >= 11 is 0. The number of nitrogens with zero attached hydrogens (tertiary/aromatic N) is 1. The molecule has 17 heavy (non-hydrogen) atoms. The zero-order valence-electron chi connectivity index (χ0n) is 9.16. The van der Waals surface area contributed by atoms with Crippen LogP contribution in [0.15, 0.2) is 18.3 Å². The molecule has 0 aromatic carbocycles. The summed E-state index contributed by atoms with van der Waals surface area (Å²) in [4.78, 5) is 3.86. The van der Waals surface area contributed by atoms with E-state index in [4.69, 9.17) is 9.84 Å². The molecule has 96 valence electrons. The lowest BCUT2D eigenvalue weighted by Crippen LogP contribution is -2.35. The summed E-state index contributed by atoms with van der Waals surface area (Å²) in [5.41, 5.74) is 0.386. The van der Waals surface area contributed by atoms with Crippen molar-refractivity contribution in [1.82, 2.24) is 4.98 Å². The first-order valence-electron chi connectivity index (χ1n) is 5.01. The van der Waals surface area contributed by atoms with Crippen LogP contribution in [0.2, 0.25) is 0 Å². The van der Waals surface area contributed by atoms with E-state index in [0.29, 0.717) is 18.2 Å². The molecule has 1 aromatic rings. The average Bonchev–Trinajstić information content (AvgIpc) is 2.27. The van der Waals surface area contributed by atoms with Crippen LogP contribution in [-0.2, 0) is 0 Å². The van der Waals surface area contributed by atoms with E-state index in [1.165, 1.54) is 18.3 Å². The van der Waals surface area contributed by atoms with Crippen molar-refractivity contribution in [3.63, 3.8) is 0 Å². The van der Waals surface area contributed by atoms with Gasteiger partial charge in [0.05, 0.1) is 18.5 Å². The van der Waals surface area contributed by atoms with Gasteiger partial charge in [0.25, 0.3) is 0 Å². The number of halogens is 3. The number of nitrogens with one attached hydrogen (secondary N) is 1. The average molecular weight is 250 g/mol. The van der Waals surface area contributed by atoms with Crippen LogP contribution in [0.5, 0.6) is 5.88 Å². The van der Waals surface area contributed by atoms with Gasteiger partial charge < -0.3 is 15.2 Å². The highest BCUT2D eigenvalue weighted by Crippen LogP contribution is 2.20. The number of aromatic nitrogens is 1. The topological polar surface area (TPSA) is 54.4 Å². The minimum atomic E-state index is -4.62. The molecule has 0 aliphatic rings. The second-order valence-electron chi connectivity index (χ2n) is 3.26. The molecule has 1 aromatic heterocycles. The molecule has 0 saturated heterocycles. The number of anilines is 1. The van der Waals surface area contributed by atoms with E-state index in [1.54, 1.807) is 6.92 Å². The first kappa shape index (κ1) is 13.6. The van der Waals surface area contributed by atoms with Crippen molar-refractivity contribution in [1.29, 1.82) is 0 Å². The Labute approximate surface area is 96.4 Å². The zero-order valence-corrected chi connectivity index (χ0v) is 9.16. The standard InChI is InChI=1S/C10H13F3N2O2/c1-2-17-9-4-3-7(5-15-9)14-6-8(16)10(11,12)13/h3-5,8,14,16H,2,6H2,1H3. The molecule has 0 aliphatic heterocycles. The Bertz CT molecular complexity index is 340. The van der Waals surface area contributed by atoms with Crippen LogP contribution < -0.4 is 10.1 Å². The van der Waals surface area contributed by atoms with Crippen LogP contribution in [0.3, 0.4) is 0 Å². The van der Waals surface area contributed by atoms with Crippen molar-refractivity contribution in [2.45, 2.75) is 19.2 Å². The molecule has 1 unspecified atom stereocenters. The third-order valence-corrected chi connectivity index (χ3v) is 1.91. The Morgan fingerprint density at radius 1 is 1.47 bits per heavy atom. The zero-order chi connectivity index (χ0) is 12.9. The van der Waals surface area contributed by atoms with Gasteiger partial charge in [-0.1, -0.05) is 0 Å². The van der Waals surface area contributed by atoms with Crippen molar-refractivity contribution in [2.24, 2.45) is 0 Å². The van der Waals surface area contributed by atoms with Crippen LogP contribution in [0, 0.1) is 0 Å². The summed E-state index contributed by atoms with van der Waals surface area (Å²) in [6.07, 6.45) is -5.67. The Balaban J connectivity index is 2.47. The van der Waals surface area contributed by atoms with Crippen molar-refractivity contribution < 1.29 is 23.0 Å². The molecule has 0 spiro atoms. The molecule has 7 heteroatoms. The van der Waals surface area contributed by atoms with Crippen LogP contribution >= 0.6 is 0 Å². The molecule has 1 atom stereocenters. The fourth-order valence-electron chi connectivity index (χ4n) is 1.05. The van der Waals surface area contributed by atoms with Crippen LogP contribution in [-0.4, -0.2) is 35.5 Å². The molecule has 0 aliphatic carbocycles. The van der Waals surface area contributed by atoms with Gasteiger partial charge in [0.15, 0.2) is 6.10 Å². The second-order valence-corrected chi connectivity index (χ2v) is 3.26. The van der Waals surface area contributed by atoms with Crippen molar-refractivity contribution >= 4 is 5.69 Å². The number of hydrogen-bond donors (Lipinski definition) is 2. The van der Waals surface area contributed by atoms with Gasteiger partial charge in [-0.3, -0.25) is 0 Å². The Morgan fingerprint density at radius 2 is 2.18 bits per heavy atom. The van der Waals surface area contributed by atoms with Crippen LogP contribution in [0.1, 0.15) is 6.92 Å². The Morgan fingerprint density at radius 3 is 2.65 bits per heavy atom. The summed E-state index contributed by atoms with van der Waals surface area (Å²) in [7, 11) is 0. The number of ether oxygens (including phenoxy) is 1. The molecular weight excluding hydrogens is 237 g/mol. The highest BCUT2D eigenvalue weighted by molar-refractivity contribution is 5.42. The van der Waals surface area contributed by atoms with Gasteiger partial charge in [-0.15, -0.1) is 0 Å². The van der Waals surface area contributed by atoms with Crippen LogP contribution in [0.4, 0.5) is 18.9 Å². The minimum absolute atomic E-state index is 0.386. The van der Waals surface area contributed by atoms with Gasteiger partial charge in [0.2, 0.25) is 5.88 Å². The molecule has 0 bridgehead atoms. The normalized spacial score (nSPS) is 13.2. The molecule has 1 rings (SSSR count). The predicted molar refractivity (Wildman–Crippen MR) is 56.0 cm³/mol. The van der Waals surface area contributed by atoms with E-state index in [0.717, 1.165) is 0 Å². The molecular formula is C10H13F3N2O2. The maximum Gasteiger partial charge on any atom is 0.416 e. The van der Waals surface area contributed by atoms with E-state index in [-0.39, 0.29) is 0 Å². The Kier molecular flexibility index (Phi) is 4.56. The van der Waals surface area contributed by atoms with E-state index in [1.807, 2.05) is 0 Å². The third kappa shape index (κ3) is 4.48. The number of hydrogen-bond acceptors (Lipinski definition) is 4. The van der Waals surface area contributed by atoms with Gasteiger partial charge in [0, 0.05) is 12.6 Å². The lowest BCUT2D eigenvalue weighted by Gasteiger charge is -2.15. The SMILES string of the molecule is CCOc1ccc(NCC(O)C(F)(F)F)cn1. The number of aliphatic hydroxyl groups excluding tert-OH is 1. The quantitative estimate of drug-likeness (QED) is 0.837. The maximum absolute atomic E-state index is 12.0. The lowest BCUT2D eigenvalue weighted by atomic mass is 10.3. The third-order valence-electron chi connectivity index (χ3n) is 1.91. The number of pyridine rings is 1. The highest BCUT2D eigenvalue weighted by atomic mass is 19.4. The maximum atomic E-state index is 12.0. The van der Waals surface area contributed by atoms with E-state index in [9.17, 15) is 13.2 Å². The number of rotatable bonds is 5. The molecule has 1 heterocycles. The molecule has 0 radical (unpaired) electrons. The fourth-order valence-corrected chi connectivity index (χ4v) is 1.05. The molecule has 0 amide bonds. The Hall–Kier alpha value is -1.50. The summed E-state index contributed by atoms with van der Waals surface area (Å²) in [6.45, 7) is 1.65. The van der Waals surface area contributed by atoms with Crippen molar-refractivity contribution in [3.05, 3.63) is 18.3 Å². The molecule has 4 nitrogen and oxygen atoms in total. The first-order valence-corrected chi connectivity index (χ1v) is 5.01. The monoisotopic (exact) mass is 250 g/mol. The summed E-state index contributed by atoms with van der Waals surface area (Å²) in [6, 6.07) is 3.06. The minimum Gasteiger partial charge on any atom is -0.478 e. The highest BCUT2D eigenvalue weighted by Gasteiger charge is 2.37. The molecule has 2 N–H and O–H groups in total. The summed E-state index contributed by atoms with van der Waals surface area (Å²) in [5, 5.41) is 11.2. The van der Waals surface area contributed by atoms with Gasteiger partial charge in [-0.2, -0.15) is 13.2 Å². The van der Waals surface area contributed by atoms with E-state index in [2.05, 4.69) is 10.3 Å². The van der Waals surface area contributed by atoms with Crippen molar-refractivity contribution in [3.8, 4) is 5.88 Å². The summed E-state index contributed by atoms with van der Waals surface area (Å²) < 4.78 is 41.0. The summed E-state index contributed by atoms with van der Waals surface area (Å²) in [5.74, 6) is 0.398. The molecule has 0 saturated carbocycles. The van der Waals surface area contributed by atoms with E-state index < -0.39 is 18.8 Å². The van der Waals surface area contributed by atoms with Gasteiger partial charge in [-0.25, -0.2) is 4.98 Å². The predicted octanol–water partition coefficient (Wildman–Crippen LogP) is 1.82. The molecule has 0 fully saturated rings. The lowest BCUT2D eigenvalue weighted by molar-refractivity contribution is -0.198. The fraction of sp³-hybridized carbons (Fsp3) is 0.500. The first-order chi connectivity index (χ1) is 7.93. The number of aliphatic hydroxyl groups is 1. The number of alkyl halides is 3. The smallest absolute Gasteiger partial charge is 0.416 e. The second kappa shape index (κ2) is 5.72. The van der Waals surface area contributed by atoms with E-state index >= 15 is 0 Å². The van der Waals surface area contributed by atoms with Gasteiger partial charge >= 0.3 is 6.18 Å². The van der Waals surface area contributed by atoms with Crippen molar-refractivity contribution in [2.75, 3.05) is 18.5 Å². The van der Waals surface area contributed by atoms with Gasteiger partial charge in [-0.05, 0) is 13.0 Å².